The molecule has 2 atom stereocenters. The quantitative estimate of drug-likeness (QED) is 0.702. The van der Waals surface area contributed by atoms with E-state index in [-0.39, 0.29) is 12.1 Å². The van der Waals surface area contributed by atoms with Crippen LogP contribution in [-0.4, -0.2) is 62.9 Å². The van der Waals surface area contributed by atoms with E-state index in [4.69, 9.17) is 9.47 Å². The zero-order valence-corrected chi connectivity index (χ0v) is 12.7. The lowest BCUT2D eigenvalue weighted by Gasteiger charge is -2.39. The van der Waals surface area contributed by atoms with Gasteiger partial charge in [-0.25, -0.2) is 0 Å². The van der Waals surface area contributed by atoms with E-state index in [1.165, 1.54) is 0 Å². The zero-order chi connectivity index (χ0) is 14.3. The predicted molar refractivity (Wildman–Crippen MR) is 75.2 cm³/mol. The molecule has 0 radical (unpaired) electrons. The average molecular weight is 272 g/mol. The molecule has 0 spiro atoms. The van der Waals surface area contributed by atoms with Crippen LogP contribution in [0, 0.1) is 0 Å². The van der Waals surface area contributed by atoms with Crippen LogP contribution in [0.2, 0.25) is 0 Å². The molecule has 0 bridgehead atoms. The second-order valence-corrected chi connectivity index (χ2v) is 5.39. The van der Waals surface area contributed by atoms with Gasteiger partial charge in [0.05, 0.1) is 12.7 Å². The fourth-order valence-electron chi connectivity index (χ4n) is 2.42. The molecule has 1 aliphatic heterocycles. The SMILES string of the molecule is CCOC(=O)C1(NCCN(C)C)CCOC(CC)C1. The predicted octanol–water partition coefficient (Wildman–Crippen LogP) is 1.03. The third-order valence-electron chi connectivity index (χ3n) is 3.60. The monoisotopic (exact) mass is 272 g/mol. The molecule has 112 valence electrons. The van der Waals surface area contributed by atoms with E-state index in [0.717, 1.165) is 19.5 Å². The molecule has 5 nitrogen and oxygen atoms in total. The molecular weight excluding hydrogens is 244 g/mol. The normalized spacial score (nSPS) is 27.5. The fraction of sp³-hybridized carbons (Fsp3) is 0.929. The van der Waals surface area contributed by atoms with Gasteiger partial charge in [0.2, 0.25) is 0 Å². The highest BCUT2D eigenvalue weighted by Crippen LogP contribution is 2.27. The smallest absolute Gasteiger partial charge is 0.326 e. The summed E-state index contributed by atoms with van der Waals surface area (Å²) in [6.07, 6.45) is 2.46. The summed E-state index contributed by atoms with van der Waals surface area (Å²) in [4.78, 5) is 14.4. The minimum atomic E-state index is -0.565. The third kappa shape index (κ3) is 4.75. The van der Waals surface area contributed by atoms with Gasteiger partial charge >= 0.3 is 5.97 Å². The maximum atomic E-state index is 12.3. The molecule has 0 amide bonds. The van der Waals surface area contributed by atoms with Crippen molar-refractivity contribution >= 4 is 5.97 Å². The minimum absolute atomic E-state index is 0.129. The Hall–Kier alpha value is -0.650. The summed E-state index contributed by atoms with van der Waals surface area (Å²) in [5, 5.41) is 3.42. The van der Waals surface area contributed by atoms with Gasteiger partial charge in [-0.3, -0.25) is 4.79 Å². The van der Waals surface area contributed by atoms with Crippen LogP contribution in [0.5, 0.6) is 0 Å². The van der Waals surface area contributed by atoms with Crippen LogP contribution in [0.4, 0.5) is 0 Å². The molecule has 19 heavy (non-hydrogen) atoms. The van der Waals surface area contributed by atoms with Gasteiger partial charge in [-0.1, -0.05) is 6.92 Å². The lowest BCUT2D eigenvalue weighted by Crippen LogP contribution is -2.59. The van der Waals surface area contributed by atoms with Crippen molar-refractivity contribution in [2.45, 2.75) is 44.8 Å². The average Bonchev–Trinajstić information content (AvgIpc) is 2.38. The van der Waals surface area contributed by atoms with Gasteiger partial charge in [-0.15, -0.1) is 0 Å². The largest absolute Gasteiger partial charge is 0.465 e. The zero-order valence-electron chi connectivity index (χ0n) is 12.7. The molecule has 0 aromatic rings. The first-order valence-electron chi connectivity index (χ1n) is 7.22. The molecule has 1 rings (SSSR count). The number of carbonyl (C=O) groups is 1. The van der Waals surface area contributed by atoms with Gasteiger partial charge in [0.15, 0.2) is 0 Å². The van der Waals surface area contributed by atoms with Crippen LogP contribution in [0.25, 0.3) is 0 Å². The second-order valence-electron chi connectivity index (χ2n) is 5.39. The first kappa shape index (κ1) is 16.4. The maximum absolute atomic E-state index is 12.3. The summed E-state index contributed by atoms with van der Waals surface area (Å²) in [6.45, 7) is 6.66. The third-order valence-corrected chi connectivity index (χ3v) is 3.60. The lowest BCUT2D eigenvalue weighted by atomic mass is 9.85. The van der Waals surface area contributed by atoms with E-state index in [1.807, 2.05) is 21.0 Å². The Morgan fingerprint density at radius 3 is 2.79 bits per heavy atom. The Balaban J connectivity index is 2.68. The van der Waals surface area contributed by atoms with Crippen molar-refractivity contribution in [3.8, 4) is 0 Å². The number of esters is 1. The van der Waals surface area contributed by atoms with Gasteiger partial charge < -0.3 is 19.7 Å². The van der Waals surface area contributed by atoms with Gasteiger partial charge in [-0.05, 0) is 33.9 Å². The highest BCUT2D eigenvalue weighted by atomic mass is 16.5. The Labute approximate surface area is 116 Å². The molecule has 1 fully saturated rings. The van der Waals surface area contributed by atoms with E-state index < -0.39 is 5.54 Å². The summed E-state index contributed by atoms with van der Waals surface area (Å²) in [7, 11) is 4.05. The van der Waals surface area contributed by atoms with Gasteiger partial charge in [-0.2, -0.15) is 0 Å². The lowest BCUT2D eigenvalue weighted by molar-refractivity contribution is -0.158. The highest BCUT2D eigenvalue weighted by molar-refractivity contribution is 5.81. The Morgan fingerprint density at radius 1 is 1.47 bits per heavy atom. The van der Waals surface area contributed by atoms with Crippen LogP contribution >= 0.6 is 0 Å². The van der Waals surface area contributed by atoms with Crippen molar-refractivity contribution in [3.05, 3.63) is 0 Å². The van der Waals surface area contributed by atoms with Crippen molar-refractivity contribution in [1.82, 2.24) is 10.2 Å². The molecule has 5 heteroatoms. The van der Waals surface area contributed by atoms with E-state index >= 15 is 0 Å². The Morgan fingerprint density at radius 2 is 2.21 bits per heavy atom. The summed E-state index contributed by atoms with van der Waals surface area (Å²) in [5.74, 6) is -0.129. The van der Waals surface area contributed by atoms with Crippen LogP contribution in [0.1, 0.15) is 33.1 Å². The molecule has 1 saturated heterocycles. The Bertz CT molecular complexity index is 284. The van der Waals surface area contributed by atoms with Crippen LogP contribution < -0.4 is 5.32 Å². The van der Waals surface area contributed by atoms with Gasteiger partial charge in [0.1, 0.15) is 5.54 Å². The first-order valence-corrected chi connectivity index (χ1v) is 7.22. The van der Waals surface area contributed by atoms with Crippen molar-refractivity contribution < 1.29 is 14.3 Å². The van der Waals surface area contributed by atoms with Crippen molar-refractivity contribution in [2.24, 2.45) is 0 Å². The summed E-state index contributed by atoms with van der Waals surface area (Å²) in [5.41, 5.74) is -0.565. The molecule has 1 heterocycles. The number of nitrogens with zero attached hydrogens (tertiary/aromatic N) is 1. The second kappa shape index (κ2) is 7.82. The van der Waals surface area contributed by atoms with Gasteiger partial charge in [0.25, 0.3) is 0 Å². The number of ether oxygens (including phenoxy) is 2. The Kier molecular flexibility index (Phi) is 6.75. The summed E-state index contributed by atoms with van der Waals surface area (Å²) >= 11 is 0. The number of carbonyl (C=O) groups excluding carboxylic acids is 1. The number of nitrogens with one attached hydrogen (secondary N) is 1. The van der Waals surface area contributed by atoms with Crippen LogP contribution in [0.3, 0.4) is 0 Å². The summed E-state index contributed by atoms with van der Waals surface area (Å²) in [6, 6.07) is 0. The van der Waals surface area contributed by atoms with Crippen molar-refractivity contribution in [3.63, 3.8) is 0 Å². The standard InChI is InChI=1S/C14H28N2O3/c1-5-12-11-14(7-10-19-12,13(17)18-6-2)15-8-9-16(3)4/h12,15H,5-11H2,1-4H3. The molecule has 2 unspecified atom stereocenters. The topological polar surface area (TPSA) is 50.8 Å². The van der Waals surface area contributed by atoms with Crippen molar-refractivity contribution in [2.75, 3.05) is 40.4 Å². The number of likely N-dealkylation sites (N-methyl/N-ethyl adjacent to an activating group) is 1. The van der Waals surface area contributed by atoms with Crippen LogP contribution in [-0.2, 0) is 14.3 Å². The highest BCUT2D eigenvalue weighted by Gasteiger charge is 2.43. The first-order chi connectivity index (χ1) is 9.04. The molecule has 0 saturated carbocycles. The van der Waals surface area contributed by atoms with Crippen molar-refractivity contribution in [1.29, 1.82) is 0 Å². The fourth-order valence-corrected chi connectivity index (χ4v) is 2.42. The van der Waals surface area contributed by atoms with E-state index in [2.05, 4.69) is 17.1 Å². The number of rotatable bonds is 7. The van der Waals surface area contributed by atoms with E-state index in [0.29, 0.717) is 26.1 Å². The molecular formula is C14H28N2O3. The van der Waals surface area contributed by atoms with E-state index in [1.54, 1.807) is 0 Å². The molecule has 0 aromatic heterocycles. The molecule has 0 aromatic carbocycles. The summed E-state index contributed by atoms with van der Waals surface area (Å²) < 4.78 is 10.9. The minimum Gasteiger partial charge on any atom is -0.465 e. The molecule has 1 aliphatic rings. The molecule has 1 N–H and O–H groups in total. The number of hydrogen-bond donors (Lipinski definition) is 1. The van der Waals surface area contributed by atoms with E-state index in [9.17, 15) is 4.79 Å². The number of hydrogen-bond acceptors (Lipinski definition) is 5. The van der Waals surface area contributed by atoms with Crippen LogP contribution in [0.15, 0.2) is 0 Å². The maximum Gasteiger partial charge on any atom is 0.326 e. The molecule has 0 aliphatic carbocycles. The van der Waals surface area contributed by atoms with Gasteiger partial charge in [0, 0.05) is 26.1 Å².